The van der Waals surface area contributed by atoms with Gasteiger partial charge in [-0.05, 0) is 34.7 Å². The topological polar surface area (TPSA) is 20.2 Å². The first-order chi connectivity index (χ1) is 4.61. The smallest absolute Gasteiger partial charge is 0.138 e. The normalized spacial score (nSPS) is 9.90. The Balaban J connectivity index is 3.28. The van der Waals surface area contributed by atoms with Gasteiger partial charge in [0, 0.05) is 0 Å². The van der Waals surface area contributed by atoms with E-state index in [9.17, 15) is 4.39 Å². The van der Waals surface area contributed by atoms with E-state index in [0.717, 1.165) is 6.07 Å². The van der Waals surface area contributed by atoms with Gasteiger partial charge in [0.15, 0.2) is 0 Å². The zero-order valence-corrected chi connectivity index (χ0v) is 7.65. The molecule has 0 heterocycles. The van der Waals surface area contributed by atoms with E-state index < -0.39 is 5.82 Å². The van der Waals surface area contributed by atoms with Crippen LogP contribution in [-0.2, 0) is 0 Å². The fourth-order valence-electron chi connectivity index (χ4n) is 0.512. The lowest BCUT2D eigenvalue weighted by atomic mass is 10.3. The van der Waals surface area contributed by atoms with Crippen LogP contribution in [0.25, 0.3) is 0 Å². The lowest BCUT2D eigenvalue weighted by Crippen LogP contribution is -1.80. The molecule has 1 nitrogen and oxygen atoms in total. The molecule has 0 saturated heterocycles. The van der Waals surface area contributed by atoms with Gasteiger partial charge in [-0.2, -0.15) is 0 Å². The van der Waals surface area contributed by atoms with E-state index in [1.807, 2.05) is 0 Å². The van der Waals surface area contributed by atoms with Crippen molar-refractivity contribution < 1.29 is 9.50 Å². The Labute approximate surface area is 76.0 Å². The molecule has 0 radical (unpaired) electrons. The predicted molar refractivity (Wildman–Crippen MR) is 45.8 cm³/mol. The maximum absolute atomic E-state index is 12.6. The Bertz CT molecular complexity index is 214. The van der Waals surface area contributed by atoms with Crippen molar-refractivity contribution in [2.24, 2.45) is 0 Å². The third-order valence-corrected chi connectivity index (χ3v) is 2.12. The van der Waals surface area contributed by atoms with E-state index >= 15 is 0 Å². The van der Waals surface area contributed by atoms with Crippen LogP contribution < -0.4 is 0 Å². The van der Waals surface area contributed by atoms with Crippen LogP contribution in [0.3, 0.4) is 0 Å². The first-order valence-corrected chi connectivity index (χ1v) is 3.90. The molecule has 0 amide bonds. The van der Waals surface area contributed by atoms with Gasteiger partial charge in [-0.1, -0.05) is 11.6 Å². The fraction of sp³-hybridized carbons (Fsp3) is 0. The van der Waals surface area contributed by atoms with Crippen molar-refractivity contribution in [1.29, 1.82) is 0 Å². The Morgan fingerprint density at radius 2 is 2.10 bits per heavy atom. The van der Waals surface area contributed by atoms with Crippen LogP contribution in [0.1, 0.15) is 0 Å². The van der Waals surface area contributed by atoms with Gasteiger partial charge < -0.3 is 5.11 Å². The minimum Gasteiger partial charge on any atom is -0.506 e. The van der Waals surface area contributed by atoms with Crippen molar-refractivity contribution in [3.8, 4) is 5.75 Å². The highest BCUT2D eigenvalue weighted by Gasteiger charge is 2.03. The van der Waals surface area contributed by atoms with Gasteiger partial charge in [0.25, 0.3) is 0 Å². The zero-order chi connectivity index (χ0) is 7.72. The average molecular weight is 272 g/mol. The number of rotatable bonds is 0. The highest BCUT2D eigenvalue weighted by Crippen LogP contribution is 2.26. The van der Waals surface area contributed by atoms with Crippen molar-refractivity contribution in [3.05, 3.63) is 26.5 Å². The molecule has 0 fully saturated rings. The summed E-state index contributed by atoms with van der Waals surface area (Å²) in [4.78, 5) is 0. The summed E-state index contributed by atoms with van der Waals surface area (Å²) in [6, 6.07) is 2.36. The van der Waals surface area contributed by atoms with Gasteiger partial charge in [-0.15, -0.1) is 0 Å². The molecule has 0 aliphatic rings. The zero-order valence-electron chi connectivity index (χ0n) is 4.74. The van der Waals surface area contributed by atoms with Crippen LogP contribution in [0.5, 0.6) is 5.75 Å². The maximum atomic E-state index is 12.6. The van der Waals surface area contributed by atoms with Crippen molar-refractivity contribution in [1.82, 2.24) is 0 Å². The number of phenolic OH excluding ortho intramolecular Hbond substituents is 1. The van der Waals surface area contributed by atoms with E-state index in [0.29, 0.717) is 3.57 Å². The molecule has 0 spiro atoms. The Hall–Kier alpha value is -0.0300. The predicted octanol–water partition coefficient (Wildman–Crippen LogP) is 2.79. The molecule has 0 atom stereocenters. The maximum Gasteiger partial charge on any atom is 0.138 e. The summed E-state index contributed by atoms with van der Waals surface area (Å²) in [5.41, 5.74) is 0. The molecule has 0 unspecified atom stereocenters. The molecule has 0 bridgehead atoms. The molecule has 1 rings (SSSR count). The number of halogens is 3. The van der Waals surface area contributed by atoms with Crippen LogP contribution in [0.2, 0.25) is 5.02 Å². The van der Waals surface area contributed by atoms with Crippen molar-refractivity contribution in [2.45, 2.75) is 0 Å². The first kappa shape index (κ1) is 8.07. The summed E-state index contributed by atoms with van der Waals surface area (Å²) in [5.74, 6) is -0.504. The number of phenols is 1. The highest BCUT2D eigenvalue weighted by atomic mass is 127. The van der Waals surface area contributed by atoms with Crippen LogP contribution in [0, 0.1) is 9.39 Å². The van der Waals surface area contributed by atoms with Gasteiger partial charge in [-0.3, -0.25) is 0 Å². The number of aromatic hydroxyl groups is 1. The third-order valence-electron chi connectivity index (χ3n) is 0.990. The fourth-order valence-corrected chi connectivity index (χ4v) is 1.11. The summed E-state index contributed by atoms with van der Waals surface area (Å²) in [5, 5.41) is 8.96. The van der Waals surface area contributed by atoms with Gasteiger partial charge in [0.2, 0.25) is 0 Å². The summed E-state index contributed by atoms with van der Waals surface area (Å²) in [6.07, 6.45) is 0. The molecule has 0 aliphatic carbocycles. The molecule has 0 aliphatic heterocycles. The molecule has 0 saturated carbocycles. The Morgan fingerprint density at radius 1 is 1.50 bits per heavy atom. The number of benzene rings is 1. The van der Waals surface area contributed by atoms with Gasteiger partial charge in [-0.25, -0.2) is 4.39 Å². The van der Waals surface area contributed by atoms with E-state index in [2.05, 4.69) is 0 Å². The van der Waals surface area contributed by atoms with Crippen molar-refractivity contribution in [2.75, 3.05) is 0 Å². The highest BCUT2D eigenvalue weighted by molar-refractivity contribution is 14.1. The van der Waals surface area contributed by atoms with Gasteiger partial charge in [0.1, 0.15) is 11.6 Å². The summed E-state index contributed by atoms with van der Waals surface area (Å²) >= 11 is 7.17. The van der Waals surface area contributed by atoms with Crippen LogP contribution in [0.4, 0.5) is 4.39 Å². The largest absolute Gasteiger partial charge is 0.506 e. The molecule has 0 aromatic heterocycles. The summed E-state index contributed by atoms with van der Waals surface area (Å²) in [6.45, 7) is 0. The van der Waals surface area contributed by atoms with E-state index in [1.165, 1.54) is 6.07 Å². The minimum absolute atomic E-state index is 0.0397. The molecular weight excluding hydrogens is 269 g/mol. The third kappa shape index (κ3) is 1.52. The van der Waals surface area contributed by atoms with Crippen LogP contribution in [-0.4, -0.2) is 5.11 Å². The second-order valence-corrected chi connectivity index (χ2v) is 3.29. The lowest BCUT2D eigenvalue weighted by molar-refractivity contribution is 0.472. The van der Waals surface area contributed by atoms with Crippen LogP contribution in [0.15, 0.2) is 12.1 Å². The molecule has 10 heavy (non-hydrogen) atoms. The monoisotopic (exact) mass is 272 g/mol. The Morgan fingerprint density at radius 3 is 2.60 bits per heavy atom. The van der Waals surface area contributed by atoms with E-state index in [1.54, 1.807) is 22.6 Å². The van der Waals surface area contributed by atoms with E-state index in [-0.39, 0.29) is 10.8 Å². The summed E-state index contributed by atoms with van der Waals surface area (Å²) < 4.78 is 12.9. The second-order valence-electron chi connectivity index (χ2n) is 1.72. The van der Waals surface area contributed by atoms with E-state index in [4.69, 9.17) is 16.7 Å². The van der Waals surface area contributed by atoms with Crippen molar-refractivity contribution >= 4 is 34.2 Å². The first-order valence-electron chi connectivity index (χ1n) is 2.45. The quantitative estimate of drug-likeness (QED) is 0.569. The number of hydrogen-bond donors (Lipinski definition) is 1. The SMILES string of the molecule is Oc1cc(I)c(F)cc1Cl. The van der Waals surface area contributed by atoms with Crippen molar-refractivity contribution in [3.63, 3.8) is 0 Å². The average Bonchev–Trinajstić information content (AvgIpc) is 1.84. The molecule has 4 heteroatoms. The molecule has 54 valence electrons. The van der Waals surface area contributed by atoms with Gasteiger partial charge >= 0.3 is 0 Å². The lowest BCUT2D eigenvalue weighted by Gasteiger charge is -1.97. The number of hydrogen-bond acceptors (Lipinski definition) is 1. The second kappa shape index (κ2) is 2.92. The molecule has 1 N–H and O–H groups in total. The standard InChI is InChI=1S/C6H3ClFIO/c7-3-1-4(8)5(9)2-6(3)10/h1-2,10H. The molecular formula is C6H3ClFIO. The van der Waals surface area contributed by atoms with Crippen LogP contribution >= 0.6 is 34.2 Å². The Kier molecular flexibility index (Phi) is 2.36. The minimum atomic E-state index is -0.414. The summed E-state index contributed by atoms with van der Waals surface area (Å²) in [7, 11) is 0. The van der Waals surface area contributed by atoms with Gasteiger partial charge in [0.05, 0.1) is 8.59 Å². The molecule has 1 aromatic rings. The molecule has 1 aromatic carbocycles.